The number of rotatable bonds is 4. The molecule has 2 atom stereocenters. The fourth-order valence-corrected chi connectivity index (χ4v) is 5.08. The highest BCUT2D eigenvalue weighted by Gasteiger charge is 2.30. The van der Waals surface area contributed by atoms with Gasteiger partial charge in [0.1, 0.15) is 0 Å². The van der Waals surface area contributed by atoms with E-state index < -0.39 is 10.0 Å². The average Bonchev–Trinajstić information content (AvgIpc) is 2.83. The van der Waals surface area contributed by atoms with Crippen molar-refractivity contribution in [2.45, 2.75) is 56.6 Å². The lowest BCUT2D eigenvalue weighted by Gasteiger charge is -2.38. The summed E-state index contributed by atoms with van der Waals surface area (Å²) in [5, 5.41) is 3.62. The Morgan fingerprint density at radius 3 is 2.63 bits per heavy atom. The molecule has 1 aromatic rings. The third-order valence-corrected chi connectivity index (χ3v) is 6.08. The first kappa shape index (κ1) is 14.9. The largest absolute Gasteiger partial charge is 0.326 e. The van der Waals surface area contributed by atoms with Crippen molar-refractivity contribution in [2.75, 3.05) is 0 Å². The molecule has 2 heterocycles. The Morgan fingerprint density at radius 1 is 1.42 bits per heavy atom. The molecule has 0 bridgehead atoms. The highest BCUT2D eigenvalue weighted by Crippen LogP contribution is 2.25. The van der Waals surface area contributed by atoms with E-state index in [2.05, 4.69) is 18.7 Å². The predicted molar refractivity (Wildman–Crippen MR) is 77.1 cm³/mol. The quantitative estimate of drug-likeness (QED) is 0.887. The third-order valence-electron chi connectivity index (χ3n) is 3.60. The van der Waals surface area contributed by atoms with Crippen LogP contribution in [0.3, 0.4) is 0 Å². The number of nitrogens with two attached hydrogens (primary N) is 1. The molecule has 1 fully saturated rings. The fourth-order valence-electron chi connectivity index (χ4n) is 2.51. The summed E-state index contributed by atoms with van der Waals surface area (Å²) in [5.74, 6) is 0. The van der Waals surface area contributed by atoms with Crippen LogP contribution in [0.5, 0.6) is 0 Å². The van der Waals surface area contributed by atoms with Gasteiger partial charge in [-0.3, -0.25) is 0 Å². The summed E-state index contributed by atoms with van der Waals surface area (Å²) in [7, 11) is -3.52. The molecule has 0 radical (unpaired) electrons. The van der Waals surface area contributed by atoms with Crippen molar-refractivity contribution < 1.29 is 8.42 Å². The van der Waals surface area contributed by atoms with Gasteiger partial charge in [-0.1, -0.05) is 6.42 Å². The second kappa shape index (κ2) is 5.88. The van der Waals surface area contributed by atoms with E-state index in [1.165, 1.54) is 11.3 Å². The van der Waals surface area contributed by atoms with Gasteiger partial charge >= 0.3 is 0 Å². The fraction of sp³-hybridized carbons (Fsp3) is 0.667. The molecule has 0 aromatic carbocycles. The van der Waals surface area contributed by atoms with Crippen LogP contribution in [0.25, 0.3) is 0 Å². The number of piperidine rings is 1. The summed E-state index contributed by atoms with van der Waals surface area (Å²) in [6.45, 7) is 4.35. The molecule has 7 heteroatoms. The molecule has 1 aromatic heterocycles. The zero-order valence-corrected chi connectivity index (χ0v) is 12.9. The number of nitrogens with one attached hydrogen (secondary N) is 1. The summed E-state index contributed by atoms with van der Waals surface area (Å²) in [6, 6.07) is 2.06. The van der Waals surface area contributed by atoms with Gasteiger partial charge in [-0.25, -0.2) is 13.4 Å². The molecule has 2 rings (SSSR count). The molecule has 1 aliphatic rings. The minimum atomic E-state index is -3.52. The van der Waals surface area contributed by atoms with E-state index in [1.54, 1.807) is 11.4 Å². The highest BCUT2D eigenvalue weighted by molar-refractivity contribution is 7.89. The maximum absolute atomic E-state index is 12.4. The number of nitrogens with zero attached hydrogens (tertiary/aromatic N) is 1. The van der Waals surface area contributed by atoms with Crippen molar-refractivity contribution in [3.63, 3.8) is 0 Å². The van der Waals surface area contributed by atoms with Gasteiger partial charge in [0, 0.05) is 23.5 Å². The molecule has 0 saturated carbocycles. The van der Waals surface area contributed by atoms with Crippen molar-refractivity contribution in [1.29, 1.82) is 0 Å². The highest BCUT2D eigenvalue weighted by atomic mass is 32.2. The van der Waals surface area contributed by atoms with Crippen molar-refractivity contribution in [2.24, 2.45) is 5.73 Å². The van der Waals surface area contributed by atoms with E-state index in [1.807, 2.05) is 5.01 Å². The van der Waals surface area contributed by atoms with Crippen molar-refractivity contribution >= 4 is 21.4 Å². The van der Waals surface area contributed by atoms with Gasteiger partial charge < -0.3 is 5.73 Å². The molecule has 1 saturated heterocycles. The molecule has 2 unspecified atom stereocenters. The summed E-state index contributed by atoms with van der Waals surface area (Å²) in [6.07, 6.45) is 3.17. The second-order valence-electron chi connectivity index (χ2n) is 5.04. The SMILES string of the molecule is CC1CCCC(C)N1NS(=O)(=O)c1ccsc1CN. The average molecular weight is 303 g/mol. The second-order valence-corrected chi connectivity index (χ2v) is 7.67. The van der Waals surface area contributed by atoms with E-state index in [0.717, 1.165) is 19.3 Å². The smallest absolute Gasteiger partial charge is 0.254 e. The molecule has 0 amide bonds. The van der Waals surface area contributed by atoms with Gasteiger partial charge in [-0.15, -0.1) is 16.2 Å². The summed E-state index contributed by atoms with van der Waals surface area (Å²) in [4.78, 5) is 3.74. The Kier molecular flexibility index (Phi) is 4.62. The van der Waals surface area contributed by atoms with Crippen LogP contribution in [0.2, 0.25) is 0 Å². The first-order valence-corrected chi connectivity index (χ1v) is 8.89. The van der Waals surface area contributed by atoms with Gasteiger partial charge in [-0.2, -0.15) is 0 Å². The molecule has 0 spiro atoms. The number of sulfonamides is 1. The lowest BCUT2D eigenvalue weighted by molar-refractivity contribution is 0.0790. The van der Waals surface area contributed by atoms with Crippen LogP contribution in [-0.4, -0.2) is 25.5 Å². The molecule has 0 aliphatic carbocycles. The first-order chi connectivity index (χ1) is 8.95. The third kappa shape index (κ3) is 3.17. The lowest BCUT2D eigenvalue weighted by Crippen LogP contribution is -2.54. The molecular formula is C12H21N3O2S2. The van der Waals surface area contributed by atoms with Crippen LogP contribution < -0.4 is 10.6 Å². The number of hydrazine groups is 1. The number of thiophene rings is 1. The van der Waals surface area contributed by atoms with Crippen molar-refractivity contribution in [3.05, 3.63) is 16.3 Å². The van der Waals surface area contributed by atoms with Crippen LogP contribution in [0.4, 0.5) is 0 Å². The molecule has 1 aliphatic heterocycles. The van der Waals surface area contributed by atoms with Gasteiger partial charge in [0.05, 0.1) is 4.90 Å². The Morgan fingerprint density at radius 2 is 2.05 bits per heavy atom. The van der Waals surface area contributed by atoms with Crippen molar-refractivity contribution in [1.82, 2.24) is 9.84 Å². The van der Waals surface area contributed by atoms with Gasteiger partial charge in [0.15, 0.2) is 0 Å². The number of hydrogen-bond acceptors (Lipinski definition) is 5. The Bertz CT molecular complexity index is 517. The van der Waals surface area contributed by atoms with Crippen LogP contribution in [0.1, 0.15) is 38.0 Å². The Balaban J connectivity index is 2.21. The summed E-state index contributed by atoms with van der Waals surface area (Å²) in [5.41, 5.74) is 5.58. The van der Waals surface area contributed by atoms with E-state index in [9.17, 15) is 8.42 Å². The molecular weight excluding hydrogens is 282 g/mol. The monoisotopic (exact) mass is 303 g/mol. The van der Waals surface area contributed by atoms with Crippen molar-refractivity contribution in [3.8, 4) is 0 Å². The van der Waals surface area contributed by atoms with E-state index >= 15 is 0 Å². The van der Waals surface area contributed by atoms with E-state index in [4.69, 9.17) is 5.73 Å². The normalized spacial score (nSPS) is 25.6. The minimum absolute atomic E-state index is 0.221. The van der Waals surface area contributed by atoms with Crippen LogP contribution in [0.15, 0.2) is 16.3 Å². The summed E-state index contributed by atoms with van der Waals surface area (Å²) >= 11 is 1.38. The van der Waals surface area contributed by atoms with E-state index in [0.29, 0.717) is 9.77 Å². The lowest BCUT2D eigenvalue weighted by atomic mass is 10.0. The molecule has 19 heavy (non-hydrogen) atoms. The van der Waals surface area contributed by atoms with E-state index in [-0.39, 0.29) is 18.6 Å². The maximum atomic E-state index is 12.4. The summed E-state index contributed by atoms with van der Waals surface area (Å²) < 4.78 is 24.9. The molecule has 108 valence electrons. The zero-order chi connectivity index (χ0) is 14.0. The molecule has 3 N–H and O–H groups in total. The Labute approximate surface area is 118 Å². The topological polar surface area (TPSA) is 75.4 Å². The Hall–Kier alpha value is -0.470. The maximum Gasteiger partial charge on any atom is 0.254 e. The predicted octanol–water partition coefficient (Wildman–Crippen LogP) is 1.66. The molecule has 5 nitrogen and oxygen atoms in total. The first-order valence-electron chi connectivity index (χ1n) is 6.53. The van der Waals surface area contributed by atoms with Gasteiger partial charge in [0.2, 0.25) is 0 Å². The van der Waals surface area contributed by atoms with Crippen LogP contribution in [0, 0.1) is 0 Å². The van der Waals surface area contributed by atoms with Gasteiger partial charge in [-0.05, 0) is 38.1 Å². The zero-order valence-electron chi connectivity index (χ0n) is 11.3. The van der Waals surface area contributed by atoms with Crippen LogP contribution in [-0.2, 0) is 16.6 Å². The van der Waals surface area contributed by atoms with Crippen LogP contribution >= 0.6 is 11.3 Å². The minimum Gasteiger partial charge on any atom is -0.326 e. The standard InChI is InChI=1S/C12H21N3O2S2/c1-9-4-3-5-10(2)15(9)14-19(16,17)12-6-7-18-11(12)8-13/h6-7,9-10,14H,3-5,8,13H2,1-2H3. The van der Waals surface area contributed by atoms with Gasteiger partial charge in [0.25, 0.3) is 10.0 Å². The number of hydrogen-bond donors (Lipinski definition) is 2.